The van der Waals surface area contributed by atoms with Crippen LogP contribution in [0.5, 0.6) is 5.75 Å². The highest BCUT2D eigenvalue weighted by Gasteiger charge is 2.18. The zero-order chi connectivity index (χ0) is 17.2. The zero-order valence-electron chi connectivity index (χ0n) is 13.2. The van der Waals surface area contributed by atoms with Crippen molar-refractivity contribution in [3.63, 3.8) is 0 Å². The van der Waals surface area contributed by atoms with E-state index in [0.717, 1.165) is 24.2 Å². The van der Waals surface area contributed by atoms with Crippen LogP contribution in [-0.2, 0) is 21.2 Å². The summed E-state index contributed by atoms with van der Waals surface area (Å²) in [6.07, 6.45) is 1.68. The van der Waals surface area contributed by atoms with Crippen molar-refractivity contribution in [3.8, 4) is 5.75 Å². The van der Waals surface area contributed by atoms with Gasteiger partial charge in [-0.25, -0.2) is 8.42 Å². The summed E-state index contributed by atoms with van der Waals surface area (Å²) in [6.45, 7) is 2.05. The van der Waals surface area contributed by atoms with Crippen molar-refractivity contribution in [2.24, 2.45) is 0 Å². The molecule has 6 nitrogen and oxygen atoms in total. The van der Waals surface area contributed by atoms with E-state index < -0.39 is 10.0 Å². The number of fused-ring (bicyclic) bond motifs is 1. The fraction of sp³-hybridized carbons (Fsp3) is 0.235. The van der Waals surface area contributed by atoms with Crippen LogP contribution in [0.2, 0.25) is 0 Å². The minimum absolute atomic E-state index is 0.191. The van der Waals surface area contributed by atoms with Gasteiger partial charge in [0.1, 0.15) is 5.75 Å². The van der Waals surface area contributed by atoms with Crippen LogP contribution in [0.15, 0.2) is 47.4 Å². The molecule has 3 rings (SSSR count). The lowest BCUT2D eigenvalue weighted by molar-refractivity contribution is -0.114. The predicted molar refractivity (Wildman–Crippen MR) is 91.8 cm³/mol. The molecular formula is C17H18N2O4S. The molecule has 2 aromatic rings. The minimum atomic E-state index is -3.71. The molecular weight excluding hydrogens is 328 g/mol. The van der Waals surface area contributed by atoms with E-state index in [1.165, 1.54) is 13.0 Å². The fourth-order valence-corrected chi connectivity index (χ4v) is 3.68. The summed E-state index contributed by atoms with van der Waals surface area (Å²) >= 11 is 0. The molecule has 0 unspecified atom stereocenters. The topological polar surface area (TPSA) is 84.5 Å². The highest BCUT2D eigenvalue weighted by atomic mass is 32.2. The lowest BCUT2D eigenvalue weighted by Crippen LogP contribution is -2.15. The standard InChI is InChI=1S/C17H18N2O4S/c1-12(20)18-14-5-2-6-15(11-14)19-24(21,22)16-7-8-17-13(10-16)4-3-9-23-17/h2,5-8,10-11,19H,3-4,9H2,1H3,(H,18,20). The maximum absolute atomic E-state index is 12.6. The highest BCUT2D eigenvalue weighted by molar-refractivity contribution is 7.92. The molecule has 0 aromatic heterocycles. The Kier molecular flexibility index (Phi) is 4.44. The van der Waals surface area contributed by atoms with Crippen molar-refractivity contribution < 1.29 is 17.9 Å². The second-order valence-corrected chi connectivity index (χ2v) is 7.27. The monoisotopic (exact) mass is 346 g/mol. The van der Waals surface area contributed by atoms with Gasteiger partial charge in [-0.3, -0.25) is 9.52 Å². The molecule has 0 saturated heterocycles. The van der Waals surface area contributed by atoms with Crippen LogP contribution in [0.4, 0.5) is 11.4 Å². The molecule has 0 spiro atoms. The third-order valence-electron chi connectivity index (χ3n) is 3.63. The Morgan fingerprint density at radius 3 is 2.71 bits per heavy atom. The van der Waals surface area contributed by atoms with E-state index in [2.05, 4.69) is 10.0 Å². The molecule has 0 fully saturated rings. The van der Waals surface area contributed by atoms with Gasteiger partial charge in [0, 0.05) is 12.6 Å². The molecule has 1 aliphatic rings. The van der Waals surface area contributed by atoms with Gasteiger partial charge in [0.2, 0.25) is 5.91 Å². The van der Waals surface area contributed by atoms with Gasteiger partial charge < -0.3 is 10.1 Å². The van der Waals surface area contributed by atoms with Gasteiger partial charge in [0.15, 0.2) is 0 Å². The number of carbonyl (C=O) groups is 1. The molecule has 24 heavy (non-hydrogen) atoms. The number of amides is 1. The summed E-state index contributed by atoms with van der Waals surface area (Å²) < 4.78 is 33.2. The third kappa shape index (κ3) is 3.68. The zero-order valence-corrected chi connectivity index (χ0v) is 14.0. The number of aryl methyl sites for hydroxylation is 1. The number of sulfonamides is 1. The number of ether oxygens (including phenoxy) is 1. The first-order valence-electron chi connectivity index (χ1n) is 7.60. The maximum atomic E-state index is 12.6. The number of carbonyl (C=O) groups excluding carboxylic acids is 1. The molecule has 2 N–H and O–H groups in total. The third-order valence-corrected chi connectivity index (χ3v) is 5.00. The van der Waals surface area contributed by atoms with E-state index >= 15 is 0 Å². The van der Waals surface area contributed by atoms with E-state index in [0.29, 0.717) is 18.0 Å². The largest absolute Gasteiger partial charge is 0.493 e. The molecule has 0 atom stereocenters. The normalized spacial score (nSPS) is 13.5. The van der Waals surface area contributed by atoms with Crippen molar-refractivity contribution in [2.45, 2.75) is 24.7 Å². The molecule has 0 radical (unpaired) electrons. The Morgan fingerprint density at radius 2 is 1.92 bits per heavy atom. The lowest BCUT2D eigenvalue weighted by Gasteiger charge is -2.18. The summed E-state index contributed by atoms with van der Waals surface area (Å²) in [6, 6.07) is 11.4. The van der Waals surface area contributed by atoms with Crippen molar-refractivity contribution in [3.05, 3.63) is 48.0 Å². The molecule has 0 bridgehead atoms. The van der Waals surface area contributed by atoms with Crippen molar-refractivity contribution in [2.75, 3.05) is 16.6 Å². The van der Waals surface area contributed by atoms with Gasteiger partial charge in [-0.15, -0.1) is 0 Å². The first kappa shape index (κ1) is 16.3. The fourth-order valence-electron chi connectivity index (χ4n) is 2.58. The number of hydrogen-bond donors (Lipinski definition) is 2. The quantitative estimate of drug-likeness (QED) is 0.891. The number of anilines is 2. The van der Waals surface area contributed by atoms with Crippen LogP contribution in [0.1, 0.15) is 18.9 Å². The number of rotatable bonds is 4. The van der Waals surface area contributed by atoms with Gasteiger partial charge >= 0.3 is 0 Å². The second kappa shape index (κ2) is 6.52. The van der Waals surface area contributed by atoms with Crippen LogP contribution in [0.3, 0.4) is 0 Å². The van der Waals surface area contributed by atoms with Crippen LogP contribution >= 0.6 is 0 Å². The average Bonchev–Trinajstić information content (AvgIpc) is 2.53. The Balaban J connectivity index is 1.85. The molecule has 0 aliphatic carbocycles. The Bertz CT molecular complexity index is 878. The van der Waals surface area contributed by atoms with Crippen molar-refractivity contribution in [1.29, 1.82) is 0 Å². The summed E-state index contributed by atoms with van der Waals surface area (Å²) in [4.78, 5) is 11.3. The molecule has 1 heterocycles. The van der Waals surface area contributed by atoms with Crippen molar-refractivity contribution in [1.82, 2.24) is 0 Å². The smallest absolute Gasteiger partial charge is 0.261 e. The Morgan fingerprint density at radius 1 is 1.12 bits per heavy atom. The van der Waals surface area contributed by atoms with Crippen LogP contribution in [0.25, 0.3) is 0 Å². The van der Waals surface area contributed by atoms with Crippen LogP contribution in [-0.4, -0.2) is 20.9 Å². The summed E-state index contributed by atoms with van der Waals surface area (Å²) in [7, 11) is -3.71. The number of hydrogen-bond acceptors (Lipinski definition) is 4. The Hall–Kier alpha value is -2.54. The van der Waals surface area contributed by atoms with E-state index in [-0.39, 0.29) is 10.8 Å². The molecule has 1 aliphatic heterocycles. The summed E-state index contributed by atoms with van der Waals surface area (Å²) in [5.74, 6) is 0.526. The van der Waals surface area contributed by atoms with E-state index in [1.54, 1.807) is 36.4 Å². The second-order valence-electron chi connectivity index (χ2n) is 5.59. The van der Waals surface area contributed by atoms with Crippen LogP contribution in [0, 0.1) is 0 Å². The Labute approximate surface area is 140 Å². The minimum Gasteiger partial charge on any atom is -0.493 e. The van der Waals surface area contributed by atoms with Gasteiger partial charge in [0.25, 0.3) is 10.0 Å². The number of nitrogens with one attached hydrogen (secondary N) is 2. The van der Waals surface area contributed by atoms with E-state index in [1.807, 2.05) is 0 Å². The van der Waals surface area contributed by atoms with Crippen molar-refractivity contribution >= 4 is 27.3 Å². The first-order valence-corrected chi connectivity index (χ1v) is 9.08. The van der Waals surface area contributed by atoms with E-state index in [4.69, 9.17) is 4.74 Å². The molecule has 2 aromatic carbocycles. The van der Waals surface area contributed by atoms with E-state index in [9.17, 15) is 13.2 Å². The molecule has 0 saturated carbocycles. The van der Waals surface area contributed by atoms with Gasteiger partial charge in [0.05, 0.1) is 17.2 Å². The lowest BCUT2D eigenvalue weighted by atomic mass is 10.1. The summed E-state index contributed by atoms with van der Waals surface area (Å²) in [5, 5.41) is 2.62. The van der Waals surface area contributed by atoms with Gasteiger partial charge in [-0.1, -0.05) is 6.07 Å². The molecule has 7 heteroatoms. The predicted octanol–water partition coefficient (Wildman–Crippen LogP) is 2.77. The SMILES string of the molecule is CC(=O)Nc1cccc(NS(=O)(=O)c2ccc3c(c2)CCCO3)c1. The maximum Gasteiger partial charge on any atom is 0.261 e. The molecule has 126 valence electrons. The van der Waals surface area contributed by atoms with Gasteiger partial charge in [-0.05, 0) is 54.8 Å². The first-order chi connectivity index (χ1) is 11.4. The average molecular weight is 346 g/mol. The van der Waals surface area contributed by atoms with Gasteiger partial charge in [-0.2, -0.15) is 0 Å². The highest BCUT2D eigenvalue weighted by Crippen LogP contribution is 2.28. The molecule has 1 amide bonds. The van der Waals surface area contributed by atoms with Crippen LogP contribution < -0.4 is 14.8 Å². The summed E-state index contributed by atoms with van der Waals surface area (Å²) in [5.41, 5.74) is 1.81. The number of benzene rings is 2.